The zero-order chi connectivity index (χ0) is 12.7. The molecule has 1 aliphatic heterocycles. The minimum absolute atomic E-state index is 0.111. The lowest BCUT2D eigenvalue weighted by atomic mass is 9.90. The van der Waals surface area contributed by atoms with Gasteiger partial charge in [0.1, 0.15) is 11.8 Å². The Morgan fingerprint density at radius 2 is 2.18 bits per heavy atom. The smallest absolute Gasteiger partial charge is 0.345 e. The largest absolute Gasteiger partial charge is 0.462 e. The van der Waals surface area contributed by atoms with E-state index in [4.69, 9.17) is 14.9 Å². The van der Waals surface area contributed by atoms with Crippen molar-refractivity contribution >= 4 is 11.7 Å². The number of hydrogen-bond acceptors (Lipinski definition) is 4. The summed E-state index contributed by atoms with van der Waals surface area (Å²) in [5.74, 6) is -0.290. The van der Waals surface area contributed by atoms with Gasteiger partial charge < -0.3 is 20.2 Å². The first kappa shape index (κ1) is 13.9. The summed E-state index contributed by atoms with van der Waals surface area (Å²) in [6.45, 7) is 3.43. The number of carbonyl (C=O) groups excluding carboxylic acids is 1. The fourth-order valence-corrected chi connectivity index (χ4v) is 1.85. The Morgan fingerprint density at radius 3 is 2.71 bits per heavy atom. The van der Waals surface area contributed by atoms with Gasteiger partial charge in [-0.2, -0.15) is 0 Å². The van der Waals surface area contributed by atoms with E-state index in [1.165, 1.54) is 0 Å². The van der Waals surface area contributed by atoms with Gasteiger partial charge in [0, 0.05) is 19.1 Å². The van der Waals surface area contributed by atoms with Crippen LogP contribution in [0.5, 0.6) is 0 Å². The van der Waals surface area contributed by atoms with Crippen molar-refractivity contribution in [3.05, 3.63) is 11.8 Å². The van der Waals surface area contributed by atoms with Crippen LogP contribution >= 0.6 is 0 Å². The fraction of sp³-hybridized carbons (Fsp3) is 0.667. The quantitative estimate of drug-likeness (QED) is 0.406. The van der Waals surface area contributed by atoms with Gasteiger partial charge in [0.2, 0.25) is 0 Å². The highest BCUT2D eigenvalue weighted by atomic mass is 16.5. The van der Waals surface area contributed by atoms with E-state index in [9.17, 15) is 4.79 Å². The molecule has 1 heterocycles. The maximum Gasteiger partial charge on any atom is 0.345 e. The molecule has 0 aromatic carbocycles. The Morgan fingerprint density at radius 1 is 1.53 bits per heavy atom. The normalized spacial score (nSPS) is 17.9. The van der Waals surface area contributed by atoms with Gasteiger partial charge in [0.25, 0.3) is 0 Å². The Labute approximate surface area is 102 Å². The molecule has 0 atom stereocenters. The molecule has 0 spiro atoms. The summed E-state index contributed by atoms with van der Waals surface area (Å²) in [5.41, 5.74) is 0.756. The molecule has 0 radical (unpaired) electrons. The summed E-state index contributed by atoms with van der Waals surface area (Å²) in [6, 6.07) is 0. The van der Waals surface area contributed by atoms with Crippen molar-refractivity contribution in [1.82, 2.24) is 0 Å². The molecule has 0 unspecified atom stereocenters. The predicted molar refractivity (Wildman–Crippen MR) is 63.8 cm³/mol. The molecule has 3 N–H and O–H groups in total. The fourth-order valence-electron chi connectivity index (χ4n) is 1.85. The van der Waals surface area contributed by atoms with E-state index < -0.39 is 5.97 Å². The van der Waals surface area contributed by atoms with Gasteiger partial charge in [-0.15, -0.1) is 0 Å². The Balaban J connectivity index is 2.72. The van der Waals surface area contributed by atoms with E-state index in [0.29, 0.717) is 31.1 Å². The van der Waals surface area contributed by atoms with Crippen molar-refractivity contribution in [2.75, 3.05) is 26.9 Å². The van der Waals surface area contributed by atoms with E-state index in [-0.39, 0.29) is 5.92 Å². The van der Waals surface area contributed by atoms with Crippen LogP contribution in [0.2, 0.25) is 0 Å². The lowest BCUT2D eigenvalue weighted by Gasteiger charge is -2.23. The van der Waals surface area contributed by atoms with Crippen molar-refractivity contribution in [2.24, 2.45) is 5.92 Å². The average molecular weight is 241 g/mol. The van der Waals surface area contributed by atoms with E-state index in [1.54, 1.807) is 18.4 Å². The Kier molecular flexibility index (Phi) is 5.86. The van der Waals surface area contributed by atoms with Crippen LogP contribution in [0.4, 0.5) is 0 Å². The van der Waals surface area contributed by atoms with Crippen LogP contribution in [0.1, 0.15) is 19.8 Å². The highest BCUT2D eigenvalue weighted by molar-refractivity contribution is 6.19. The molecule has 1 aliphatic rings. The lowest BCUT2D eigenvalue weighted by molar-refractivity contribution is -0.556. The molecular formula is C12H21N2O3+. The van der Waals surface area contributed by atoms with Crippen molar-refractivity contribution in [3.63, 3.8) is 0 Å². The summed E-state index contributed by atoms with van der Waals surface area (Å²) in [7, 11) is 1.83. The van der Waals surface area contributed by atoms with Gasteiger partial charge in [0.05, 0.1) is 19.4 Å². The van der Waals surface area contributed by atoms with E-state index in [1.807, 2.05) is 7.05 Å². The van der Waals surface area contributed by atoms with E-state index in [2.05, 4.69) is 0 Å². The first-order chi connectivity index (χ1) is 8.20. The second-order valence-corrected chi connectivity index (χ2v) is 3.93. The van der Waals surface area contributed by atoms with Gasteiger partial charge in [0.15, 0.2) is 0 Å². The molecule has 1 fully saturated rings. The van der Waals surface area contributed by atoms with E-state index in [0.717, 1.165) is 12.8 Å². The van der Waals surface area contributed by atoms with Crippen LogP contribution in [0, 0.1) is 11.3 Å². The van der Waals surface area contributed by atoms with Gasteiger partial charge in [-0.05, 0) is 19.8 Å². The maximum absolute atomic E-state index is 11.7. The zero-order valence-corrected chi connectivity index (χ0v) is 10.5. The number of nitrogens with one attached hydrogen (secondary N) is 1. The molecular weight excluding hydrogens is 220 g/mol. The highest BCUT2D eigenvalue weighted by Crippen LogP contribution is 2.20. The summed E-state index contributed by atoms with van der Waals surface area (Å²) in [5, 5.41) is 9.87. The standard InChI is InChI=1S/C12H20N2O3/c1-3-17-12(15)10(8-14-2)11(13)9-4-6-16-7-5-9/h8-9,13-14H,3-7H2,1-2H3/p+1. The number of nitrogens with two attached hydrogens (primary N) is 1. The predicted octanol–water partition coefficient (Wildman–Crippen LogP) is 0.0730. The Hall–Kier alpha value is -1.20. The third-order valence-corrected chi connectivity index (χ3v) is 2.75. The molecule has 0 saturated carbocycles. The molecule has 1 rings (SSSR count). The third-order valence-electron chi connectivity index (χ3n) is 2.75. The van der Waals surface area contributed by atoms with Gasteiger partial charge in [-0.1, -0.05) is 0 Å². The van der Waals surface area contributed by atoms with Gasteiger partial charge in [-0.3, -0.25) is 0 Å². The SMILES string of the molecule is CCOC(=O)C(=C[NH2+]C)C(=N)C1CCOCC1. The van der Waals surface area contributed by atoms with Crippen LogP contribution in [-0.4, -0.2) is 38.5 Å². The summed E-state index contributed by atoms with van der Waals surface area (Å²) in [6.07, 6.45) is 3.27. The highest BCUT2D eigenvalue weighted by Gasteiger charge is 2.26. The van der Waals surface area contributed by atoms with E-state index >= 15 is 0 Å². The molecule has 1 saturated heterocycles. The van der Waals surface area contributed by atoms with Crippen LogP contribution in [0.3, 0.4) is 0 Å². The number of quaternary nitrogens is 1. The third kappa shape index (κ3) is 3.94. The van der Waals surface area contributed by atoms with Crippen LogP contribution in [0.15, 0.2) is 11.8 Å². The molecule has 0 amide bonds. The number of esters is 1. The second kappa shape index (κ2) is 7.19. The summed E-state index contributed by atoms with van der Waals surface area (Å²) in [4.78, 5) is 11.7. The van der Waals surface area contributed by atoms with Gasteiger partial charge in [-0.25, -0.2) is 4.79 Å². The first-order valence-electron chi connectivity index (χ1n) is 6.04. The number of ether oxygens (including phenoxy) is 2. The topological polar surface area (TPSA) is 76.0 Å². The average Bonchev–Trinajstić information content (AvgIpc) is 2.36. The van der Waals surface area contributed by atoms with Gasteiger partial charge >= 0.3 is 5.97 Å². The number of hydrogen-bond donors (Lipinski definition) is 2. The molecule has 0 bridgehead atoms. The molecule has 5 heteroatoms. The molecule has 5 nitrogen and oxygen atoms in total. The van der Waals surface area contributed by atoms with Crippen LogP contribution < -0.4 is 5.32 Å². The summed E-state index contributed by atoms with van der Waals surface area (Å²) < 4.78 is 10.2. The van der Waals surface area contributed by atoms with Crippen molar-refractivity contribution in [3.8, 4) is 0 Å². The van der Waals surface area contributed by atoms with Crippen LogP contribution in [0.25, 0.3) is 0 Å². The molecule has 0 aromatic rings. The molecule has 0 aromatic heterocycles. The van der Waals surface area contributed by atoms with Crippen molar-refractivity contribution in [2.45, 2.75) is 19.8 Å². The van der Waals surface area contributed by atoms with Crippen molar-refractivity contribution < 1.29 is 19.6 Å². The summed E-state index contributed by atoms with van der Waals surface area (Å²) >= 11 is 0. The monoisotopic (exact) mass is 241 g/mol. The number of carbonyl (C=O) groups is 1. The zero-order valence-electron chi connectivity index (χ0n) is 10.5. The molecule has 0 aliphatic carbocycles. The lowest BCUT2D eigenvalue weighted by Crippen LogP contribution is -2.73. The van der Waals surface area contributed by atoms with Crippen molar-refractivity contribution in [1.29, 1.82) is 5.41 Å². The second-order valence-electron chi connectivity index (χ2n) is 3.93. The van der Waals surface area contributed by atoms with Crippen LogP contribution in [-0.2, 0) is 14.3 Å². The minimum atomic E-state index is -0.401. The molecule has 17 heavy (non-hydrogen) atoms. The first-order valence-corrected chi connectivity index (χ1v) is 6.04. The molecule has 96 valence electrons. The Bertz CT molecular complexity index is 307. The number of rotatable bonds is 5. The maximum atomic E-state index is 11.7. The minimum Gasteiger partial charge on any atom is -0.462 e.